The van der Waals surface area contributed by atoms with Gasteiger partial charge in [-0.15, -0.1) is 0 Å². The molecular formula is C32H33N3O7. The summed E-state index contributed by atoms with van der Waals surface area (Å²) in [4.78, 5) is 43.1. The van der Waals surface area contributed by atoms with Crippen molar-refractivity contribution in [3.8, 4) is 17.6 Å². The third-order valence-corrected chi connectivity index (χ3v) is 8.57. The van der Waals surface area contributed by atoms with E-state index in [9.17, 15) is 34.8 Å². The number of phenolic OH excluding ortho intramolecular Hbond substituents is 1. The van der Waals surface area contributed by atoms with Gasteiger partial charge < -0.3 is 31.1 Å². The molecule has 2 aromatic carbocycles. The number of anilines is 1. The number of benzene rings is 2. The van der Waals surface area contributed by atoms with Crippen LogP contribution in [0.15, 0.2) is 53.0 Å². The summed E-state index contributed by atoms with van der Waals surface area (Å²) in [6, 6.07) is 8.17. The Hall–Kier alpha value is -4.59. The van der Waals surface area contributed by atoms with Crippen LogP contribution in [0.5, 0.6) is 5.75 Å². The molecule has 6 N–H and O–H groups in total. The number of ketones is 2. The lowest BCUT2D eigenvalue weighted by Gasteiger charge is -2.50. The number of amides is 1. The van der Waals surface area contributed by atoms with Gasteiger partial charge in [0.2, 0.25) is 5.78 Å². The molecule has 3 aliphatic rings. The minimum Gasteiger partial charge on any atom is -0.510 e. The van der Waals surface area contributed by atoms with E-state index in [4.69, 9.17) is 5.73 Å². The van der Waals surface area contributed by atoms with Crippen molar-refractivity contribution >= 4 is 23.2 Å². The number of aryl methyl sites for hydroxylation is 1. The number of nitrogens with two attached hydrogens (primary N) is 1. The van der Waals surface area contributed by atoms with Gasteiger partial charge in [-0.1, -0.05) is 29.5 Å². The number of Topliss-reactive ketones (excluding diaryl/α,β-unsaturated/α-hetero) is 2. The third kappa shape index (κ3) is 4.16. The molecule has 0 aromatic heterocycles. The zero-order chi connectivity index (χ0) is 30.8. The highest BCUT2D eigenvalue weighted by atomic mass is 16.3. The summed E-state index contributed by atoms with van der Waals surface area (Å²) >= 11 is 0. The van der Waals surface area contributed by atoms with Crippen LogP contribution in [0.1, 0.15) is 39.0 Å². The van der Waals surface area contributed by atoms with Crippen LogP contribution < -0.4 is 10.6 Å². The maximum atomic E-state index is 14.1. The van der Waals surface area contributed by atoms with Crippen molar-refractivity contribution in [2.75, 3.05) is 33.1 Å². The van der Waals surface area contributed by atoms with Crippen LogP contribution in [0.2, 0.25) is 0 Å². The van der Waals surface area contributed by atoms with Crippen molar-refractivity contribution in [3.63, 3.8) is 0 Å². The van der Waals surface area contributed by atoms with Gasteiger partial charge in [0.25, 0.3) is 5.91 Å². The van der Waals surface area contributed by atoms with Crippen LogP contribution in [-0.2, 0) is 16.0 Å². The highest BCUT2D eigenvalue weighted by Crippen LogP contribution is 2.53. The van der Waals surface area contributed by atoms with E-state index in [1.807, 2.05) is 31.2 Å². The van der Waals surface area contributed by atoms with Crippen molar-refractivity contribution < 1.29 is 34.8 Å². The molecule has 0 unspecified atom stereocenters. The summed E-state index contributed by atoms with van der Waals surface area (Å²) in [6.07, 6.45) is 0.218. The van der Waals surface area contributed by atoms with Gasteiger partial charge in [-0.2, -0.15) is 0 Å². The molecule has 0 heterocycles. The molecule has 0 bridgehead atoms. The molecule has 5 rings (SSSR count). The van der Waals surface area contributed by atoms with Gasteiger partial charge in [0, 0.05) is 36.8 Å². The van der Waals surface area contributed by atoms with Gasteiger partial charge in [0.1, 0.15) is 22.8 Å². The lowest BCUT2D eigenvalue weighted by molar-refractivity contribution is -0.148. The molecule has 4 atom stereocenters. The average Bonchev–Trinajstić information content (AvgIpc) is 2.90. The minimum atomic E-state index is -2.69. The van der Waals surface area contributed by atoms with E-state index >= 15 is 0 Å². The number of carbonyl (C=O) groups excluding carboxylic acids is 3. The first-order valence-corrected chi connectivity index (χ1v) is 13.5. The van der Waals surface area contributed by atoms with E-state index < -0.39 is 58.0 Å². The van der Waals surface area contributed by atoms with Crippen molar-refractivity contribution in [2.45, 2.75) is 31.4 Å². The smallest absolute Gasteiger partial charge is 0.255 e. The number of likely N-dealkylation sites (N-methyl/N-ethyl adjacent to an activating group) is 1. The molecule has 0 saturated carbocycles. The second kappa shape index (κ2) is 10.0. The summed E-state index contributed by atoms with van der Waals surface area (Å²) < 4.78 is 0. The topological polar surface area (TPSA) is 165 Å². The van der Waals surface area contributed by atoms with Gasteiger partial charge in [-0.05, 0) is 63.5 Å². The number of nitrogens with zero attached hydrogens (tertiary/aromatic N) is 2. The number of allylic oxidation sites excluding steroid dienone is 1. The van der Waals surface area contributed by atoms with Crippen LogP contribution >= 0.6 is 0 Å². The molecule has 1 amide bonds. The number of carbonyl (C=O) groups is 3. The lowest BCUT2D eigenvalue weighted by Crippen LogP contribution is -2.63. The van der Waals surface area contributed by atoms with E-state index in [0.29, 0.717) is 16.8 Å². The minimum absolute atomic E-state index is 0.0222. The quantitative estimate of drug-likeness (QED) is 0.273. The fraction of sp³-hybridized carbons (Fsp3) is 0.344. The molecule has 0 spiro atoms. The maximum Gasteiger partial charge on any atom is 0.255 e. The van der Waals surface area contributed by atoms with Gasteiger partial charge in [0.15, 0.2) is 11.4 Å². The standard InChI is InChI=1S/C32H33N3O7/c1-15-6-8-16(9-7-15)10-11-17-14-21(34(2)3)19-12-18-13-20-25(35(4)5)28(38)24(31(33)41)30(40)32(20,42)29(39)22(18)27(37)23(19)26(17)36/h6-9,14,18,20,25,36,38-39,42H,12-13H2,1-5H3,(H2,33,41)/t18-,20-,25+,32-/m0/s1. The average molecular weight is 572 g/mol. The number of aliphatic hydroxyl groups excluding tert-OH is 2. The summed E-state index contributed by atoms with van der Waals surface area (Å²) in [5, 5.41) is 45.6. The summed E-state index contributed by atoms with van der Waals surface area (Å²) in [5.74, 6) is -0.943. The lowest BCUT2D eigenvalue weighted by atomic mass is 9.58. The first-order valence-electron chi connectivity index (χ1n) is 13.5. The first-order chi connectivity index (χ1) is 19.7. The van der Waals surface area contributed by atoms with Crippen molar-refractivity contribution in [1.29, 1.82) is 0 Å². The SMILES string of the molecule is Cc1ccc(C#Cc2cc(N(C)C)c3c(c2O)C(=O)C2=C(O)[C@]4(O)C(=O)C(C(N)=O)=C(O)[C@H](N(C)C)[C@@H]4C[C@@H]2C3)cc1. The molecule has 218 valence electrons. The second-order valence-electron chi connectivity index (χ2n) is 11.6. The van der Waals surface area contributed by atoms with Crippen LogP contribution in [0, 0.1) is 30.6 Å². The Morgan fingerprint density at radius 2 is 1.69 bits per heavy atom. The van der Waals surface area contributed by atoms with E-state index in [1.54, 1.807) is 39.2 Å². The highest BCUT2D eigenvalue weighted by Gasteiger charge is 2.63. The normalized spacial score (nSPS) is 25.0. The summed E-state index contributed by atoms with van der Waals surface area (Å²) in [6.45, 7) is 1.96. The van der Waals surface area contributed by atoms with E-state index in [-0.39, 0.29) is 35.3 Å². The van der Waals surface area contributed by atoms with Crippen molar-refractivity contribution in [3.05, 3.63) is 80.8 Å². The molecule has 42 heavy (non-hydrogen) atoms. The van der Waals surface area contributed by atoms with Crippen molar-refractivity contribution in [1.82, 2.24) is 4.90 Å². The Morgan fingerprint density at radius 1 is 1.05 bits per heavy atom. The number of hydrogen-bond donors (Lipinski definition) is 5. The molecule has 10 heteroatoms. The number of phenols is 1. The monoisotopic (exact) mass is 571 g/mol. The molecule has 3 aliphatic carbocycles. The van der Waals surface area contributed by atoms with E-state index in [0.717, 1.165) is 5.56 Å². The molecular weight excluding hydrogens is 538 g/mol. The van der Waals surface area contributed by atoms with E-state index in [1.165, 1.54) is 4.90 Å². The largest absolute Gasteiger partial charge is 0.510 e. The summed E-state index contributed by atoms with van der Waals surface area (Å²) in [5.41, 5.74) is 4.75. The van der Waals surface area contributed by atoms with Crippen LogP contribution in [0.4, 0.5) is 5.69 Å². The fourth-order valence-electron chi connectivity index (χ4n) is 6.57. The zero-order valence-electron chi connectivity index (χ0n) is 24.0. The molecule has 10 nitrogen and oxygen atoms in total. The molecule has 0 fully saturated rings. The van der Waals surface area contributed by atoms with Gasteiger partial charge in [-0.25, -0.2) is 0 Å². The Labute approximate surface area is 243 Å². The number of hydrogen-bond acceptors (Lipinski definition) is 9. The van der Waals surface area contributed by atoms with Gasteiger partial charge in [-0.3, -0.25) is 19.3 Å². The Balaban J connectivity index is 1.70. The molecule has 0 aliphatic heterocycles. The Kier molecular flexibility index (Phi) is 6.92. The molecule has 0 saturated heterocycles. The van der Waals surface area contributed by atoms with Crippen LogP contribution in [0.3, 0.4) is 0 Å². The molecule has 2 aromatic rings. The first kappa shape index (κ1) is 28.9. The summed E-state index contributed by atoms with van der Waals surface area (Å²) in [7, 11) is 6.78. The number of primary amides is 1. The van der Waals surface area contributed by atoms with Crippen molar-refractivity contribution in [2.24, 2.45) is 17.6 Å². The Bertz CT molecular complexity index is 1670. The predicted molar refractivity (Wildman–Crippen MR) is 155 cm³/mol. The Morgan fingerprint density at radius 3 is 2.26 bits per heavy atom. The fourth-order valence-corrected chi connectivity index (χ4v) is 6.57. The van der Waals surface area contributed by atoms with Gasteiger partial charge >= 0.3 is 0 Å². The van der Waals surface area contributed by atoms with Crippen LogP contribution in [0.25, 0.3) is 0 Å². The van der Waals surface area contributed by atoms with E-state index in [2.05, 4.69) is 11.8 Å². The number of aromatic hydroxyl groups is 1. The van der Waals surface area contributed by atoms with Crippen LogP contribution in [-0.4, -0.2) is 82.6 Å². The molecule has 0 radical (unpaired) electrons. The maximum absolute atomic E-state index is 14.1. The predicted octanol–water partition coefficient (Wildman–Crippen LogP) is 1.89. The number of rotatable bonds is 3. The zero-order valence-corrected chi connectivity index (χ0v) is 24.0. The highest BCUT2D eigenvalue weighted by molar-refractivity contribution is 6.25. The number of aliphatic hydroxyl groups is 3. The third-order valence-electron chi connectivity index (χ3n) is 8.57. The second-order valence-corrected chi connectivity index (χ2v) is 11.6. The number of fused-ring (bicyclic) bond motifs is 3. The van der Waals surface area contributed by atoms with Gasteiger partial charge in [0.05, 0.1) is 17.2 Å².